The molecular formula is C14H15O3. The van der Waals surface area contributed by atoms with Crippen LogP contribution in [0.5, 0.6) is 0 Å². The molecule has 3 heteroatoms. The van der Waals surface area contributed by atoms with Gasteiger partial charge in [0.1, 0.15) is 0 Å². The van der Waals surface area contributed by atoms with Gasteiger partial charge in [0.15, 0.2) is 11.4 Å². The van der Waals surface area contributed by atoms with Crippen LogP contribution in [-0.4, -0.2) is 11.8 Å². The minimum Gasteiger partial charge on any atom is -0.446 e. The molecule has 1 saturated heterocycles. The Bertz CT molecular complexity index is 464. The number of esters is 1. The first-order valence-electron chi connectivity index (χ1n) is 5.76. The summed E-state index contributed by atoms with van der Waals surface area (Å²) in [7, 11) is 0. The average molecular weight is 231 g/mol. The molecular weight excluding hydrogens is 216 g/mol. The number of carbonyl (C=O) groups excluding carboxylic acids is 2. The molecule has 1 aromatic carbocycles. The fraction of sp³-hybridized carbons (Fsp3) is 0.357. The first-order valence-corrected chi connectivity index (χ1v) is 5.76. The summed E-state index contributed by atoms with van der Waals surface area (Å²) < 4.78 is 5.36. The Morgan fingerprint density at radius 2 is 2.12 bits per heavy atom. The van der Waals surface area contributed by atoms with Crippen molar-refractivity contribution in [1.29, 1.82) is 0 Å². The van der Waals surface area contributed by atoms with Crippen LogP contribution in [0.3, 0.4) is 0 Å². The Morgan fingerprint density at radius 1 is 1.35 bits per heavy atom. The lowest BCUT2D eigenvalue weighted by Crippen LogP contribution is -2.44. The molecule has 1 aromatic rings. The third-order valence-electron chi connectivity index (χ3n) is 3.19. The van der Waals surface area contributed by atoms with Crippen LogP contribution in [0.2, 0.25) is 0 Å². The molecule has 1 aliphatic heterocycles. The monoisotopic (exact) mass is 231 g/mol. The molecule has 0 aliphatic carbocycles. The van der Waals surface area contributed by atoms with Crippen LogP contribution in [0.15, 0.2) is 24.3 Å². The number of carbonyl (C=O) groups is 2. The van der Waals surface area contributed by atoms with Gasteiger partial charge >= 0.3 is 5.97 Å². The smallest absolute Gasteiger partial charge is 0.307 e. The second-order valence-electron chi connectivity index (χ2n) is 4.28. The average Bonchev–Trinajstić information content (AvgIpc) is 2.32. The molecule has 2 rings (SSSR count). The number of cyclic esters (lactones) is 1. The normalized spacial score (nSPS) is 24.6. The number of ketones is 1. The Morgan fingerprint density at radius 3 is 2.76 bits per heavy atom. The van der Waals surface area contributed by atoms with E-state index in [1.807, 2.05) is 25.1 Å². The maximum atomic E-state index is 12.1. The van der Waals surface area contributed by atoms with Crippen LogP contribution in [0, 0.1) is 6.92 Å². The number of ether oxygens (including phenoxy) is 1. The van der Waals surface area contributed by atoms with Crippen molar-refractivity contribution in [3.05, 3.63) is 42.3 Å². The zero-order valence-corrected chi connectivity index (χ0v) is 9.86. The third-order valence-corrected chi connectivity index (χ3v) is 3.19. The van der Waals surface area contributed by atoms with Crippen LogP contribution < -0.4 is 0 Å². The van der Waals surface area contributed by atoms with E-state index in [0.717, 1.165) is 11.1 Å². The summed E-state index contributed by atoms with van der Waals surface area (Å²) in [6.07, 6.45) is 0.902. The Labute approximate surface area is 101 Å². The van der Waals surface area contributed by atoms with Crippen molar-refractivity contribution >= 4 is 11.8 Å². The standard InChI is InChI=1S/C14H15O3/c1-3-14(11-6-4-5-10(2)9-11)12(15)7-8-13(16)17-14/h4-6,9H,2-3,7-8H2,1H3/t14-/m1/s1. The van der Waals surface area contributed by atoms with E-state index in [1.165, 1.54) is 0 Å². The highest BCUT2D eigenvalue weighted by Crippen LogP contribution is 2.36. The highest BCUT2D eigenvalue weighted by molar-refractivity contribution is 5.95. The van der Waals surface area contributed by atoms with Gasteiger partial charge in [-0.1, -0.05) is 31.2 Å². The van der Waals surface area contributed by atoms with Crippen molar-refractivity contribution in [2.45, 2.75) is 31.8 Å². The maximum absolute atomic E-state index is 12.1. The molecule has 0 aromatic heterocycles. The van der Waals surface area contributed by atoms with Gasteiger partial charge in [-0.3, -0.25) is 9.59 Å². The predicted molar refractivity (Wildman–Crippen MR) is 63.2 cm³/mol. The van der Waals surface area contributed by atoms with Gasteiger partial charge < -0.3 is 4.74 Å². The number of hydrogen-bond acceptors (Lipinski definition) is 3. The van der Waals surface area contributed by atoms with Crippen LogP contribution >= 0.6 is 0 Å². The molecule has 3 nitrogen and oxygen atoms in total. The first-order chi connectivity index (χ1) is 8.08. The summed E-state index contributed by atoms with van der Waals surface area (Å²) in [5.74, 6) is -0.328. The zero-order chi connectivity index (χ0) is 12.5. The van der Waals surface area contributed by atoms with Gasteiger partial charge in [-0.15, -0.1) is 0 Å². The molecule has 89 valence electrons. The van der Waals surface area contributed by atoms with Crippen LogP contribution in [-0.2, 0) is 19.9 Å². The van der Waals surface area contributed by atoms with Crippen molar-refractivity contribution in [2.75, 3.05) is 0 Å². The lowest BCUT2D eigenvalue weighted by molar-refractivity contribution is -0.176. The van der Waals surface area contributed by atoms with Gasteiger partial charge in [-0.05, 0) is 18.9 Å². The highest BCUT2D eigenvalue weighted by atomic mass is 16.6. The second kappa shape index (κ2) is 4.32. The fourth-order valence-electron chi connectivity index (χ4n) is 2.24. The lowest BCUT2D eigenvalue weighted by Gasteiger charge is -2.34. The Balaban J connectivity index is 2.49. The summed E-state index contributed by atoms with van der Waals surface area (Å²) in [6.45, 7) is 5.69. The molecule has 0 spiro atoms. The third kappa shape index (κ3) is 1.97. The molecule has 1 aliphatic rings. The van der Waals surface area contributed by atoms with E-state index in [0.29, 0.717) is 6.42 Å². The molecule has 17 heavy (non-hydrogen) atoms. The quantitative estimate of drug-likeness (QED) is 0.734. The number of Topliss-reactive ketones (excluding diaryl/α,β-unsaturated/α-hetero) is 1. The maximum Gasteiger partial charge on any atom is 0.307 e. The van der Waals surface area contributed by atoms with Crippen molar-refractivity contribution in [3.63, 3.8) is 0 Å². The van der Waals surface area contributed by atoms with E-state index in [4.69, 9.17) is 4.74 Å². The molecule has 0 bridgehead atoms. The SMILES string of the molecule is [CH2]c1cccc([C@@]2(CC)OC(=O)CCC2=O)c1. The van der Waals surface area contributed by atoms with Gasteiger partial charge in [-0.2, -0.15) is 0 Å². The molecule has 0 N–H and O–H groups in total. The largest absolute Gasteiger partial charge is 0.446 e. The number of benzene rings is 1. The van der Waals surface area contributed by atoms with Crippen LogP contribution in [0.25, 0.3) is 0 Å². The summed E-state index contributed by atoms with van der Waals surface area (Å²) in [5.41, 5.74) is 0.443. The van der Waals surface area contributed by atoms with Crippen molar-refractivity contribution in [2.24, 2.45) is 0 Å². The van der Waals surface area contributed by atoms with E-state index in [9.17, 15) is 9.59 Å². The molecule has 0 unspecified atom stereocenters. The van der Waals surface area contributed by atoms with E-state index >= 15 is 0 Å². The zero-order valence-electron chi connectivity index (χ0n) is 9.86. The highest BCUT2D eigenvalue weighted by Gasteiger charge is 2.45. The van der Waals surface area contributed by atoms with Gasteiger partial charge in [0.05, 0.1) is 6.42 Å². The van der Waals surface area contributed by atoms with Crippen LogP contribution in [0.4, 0.5) is 0 Å². The number of hydrogen-bond donors (Lipinski definition) is 0. The first kappa shape index (κ1) is 11.8. The number of rotatable bonds is 2. The Kier molecular flexibility index (Phi) is 3.01. The second-order valence-corrected chi connectivity index (χ2v) is 4.28. The summed E-state index contributed by atoms with van der Waals surface area (Å²) in [6, 6.07) is 7.29. The minimum atomic E-state index is -1.09. The van der Waals surface area contributed by atoms with E-state index in [1.54, 1.807) is 6.07 Å². The predicted octanol–water partition coefficient (Wildman–Crippen LogP) is 2.38. The Hall–Kier alpha value is -1.64. The van der Waals surface area contributed by atoms with Crippen LogP contribution in [0.1, 0.15) is 37.3 Å². The van der Waals surface area contributed by atoms with Crippen molar-refractivity contribution in [1.82, 2.24) is 0 Å². The summed E-state index contributed by atoms with van der Waals surface area (Å²) >= 11 is 0. The van der Waals surface area contributed by atoms with E-state index < -0.39 is 5.60 Å². The van der Waals surface area contributed by atoms with E-state index in [-0.39, 0.29) is 24.6 Å². The summed E-state index contributed by atoms with van der Waals surface area (Å²) in [5, 5.41) is 0. The molecule has 1 heterocycles. The topological polar surface area (TPSA) is 43.4 Å². The fourth-order valence-corrected chi connectivity index (χ4v) is 2.24. The molecule has 1 fully saturated rings. The van der Waals surface area contributed by atoms with Gasteiger partial charge in [0.25, 0.3) is 0 Å². The van der Waals surface area contributed by atoms with E-state index in [2.05, 4.69) is 6.92 Å². The minimum absolute atomic E-state index is 0.0230. The molecule has 0 amide bonds. The van der Waals surface area contributed by atoms with Crippen molar-refractivity contribution < 1.29 is 14.3 Å². The summed E-state index contributed by atoms with van der Waals surface area (Å²) in [4.78, 5) is 23.6. The molecule has 0 saturated carbocycles. The van der Waals surface area contributed by atoms with Crippen molar-refractivity contribution in [3.8, 4) is 0 Å². The lowest BCUT2D eigenvalue weighted by atomic mass is 9.82. The molecule has 1 radical (unpaired) electrons. The molecule has 1 atom stereocenters. The van der Waals surface area contributed by atoms with Gasteiger partial charge in [0.2, 0.25) is 0 Å². The van der Waals surface area contributed by atoms with Gasteiger partial charge in [0, 0.05) is 12.0 Å². The van der Waals surface area contributed by atoms with Gasteiger partial charge in [-0.25, -0.2) is 0 Å².